The molecule has 0 aliphatic heterocycles. The molecular weight excluding hydrogens is 375 g/mol. The van der Waals surface area contributed by atoms with Crippen molar-refractivity contribution in [2.45, 2.75) is 26.2 Å². The van der Waals surface area contributed by atoms with Crippen LogP contribution in [0.3, 0.4) is 0 Å². The van der Waals surface area contributed by atoms with E-state index >= 15 is 0 Å². The summed E-state index contributed by atoms with van der Waals surface area (Å²) in [5.41, 5.74) is 1.92. The van der Waals surface area contributed by atoms with Crippen LogP contribution in [0.15, 0.2) is 45.3 Å². The second-order valence-corrected chi connectivity index (χ2v) is 7.38. The first-order valence-corrected chi connectivity index (χ1v) is 8.21. The molecule has 6 heteroatoms. The van der Waals surface area contributed by atoms with Crippen molar-refractivity contribution in [1.82, 2.24) is 4.98 Å². The second kappa shape index (κ2) is 6.02. The summed E-state index contributed by atoms with van der Waals surface area (Å²) in [4.78, 5) is 16.8. The zero-order valence-electron chi connectivity index (χ0n) is 13.5. The fourth-order valence-corrected chi connectivity index (χ4v) is 2.62. The van der Waals surface area contributed by atoms with Crippen LogP contribution in [0.5, 0.6) is 0 Å². The number of carbonyl (C=O) groups is 1. The summed E-state index contributed by atoms with van der Waals surface area (Å²) in [6, 6.07) is 9.20. The Labute approximate surface area is 147 Å². The number of anilines is 1. The molecule has 24 heavy (non-hydrogen) atoms. The van der Waals surface area contributed by atoms with Gasteiger partial charge in [-0.05, 0) is 52.3 Å². The molecule has 1 heterocycles. The fraction of sp³-hybridized carbons (Fsp3) is 0.222. The average molecular weight is 391 g/mol. The van der Waals surface area contributed by atoms with Gasteiger partial charge in [-0.25, -0.2) is 9.37 Å². The van der Waals surface area contributed by atoms with Crippen molar-refractivity contribution in [2.75, 3.05) is 5.32 Å². The molecule has 3 aromatic rings. The van der Waals surface area contributed by atoms with Crippen LogP contribution in [0.2, 0.25) is 0 Å². The third-order valence-electron chi connectivity index (χ3n) is 3.46. The summed E-state index contributed by atoms with van der Waals surface area (Å²) in [6.45, 7) is 6.05. The zero-order valence-corrected chi connectivity index (χ0v) is 15.1. The number of halogens is 2. The van der Waals surface area contributed by atoms with Gasteiger partial charge in [0.2, 0.25) is 5.89 Å². The Hall–Kier alpha value is -2.21. The van der Waals surface area contributed by atoms with Crippen molar-refractivity contribution in [2.24, 2.45) is 0 Å². The second-order valence-electron chi connectivity index (χ2n) is 6.53. The Morgan fingerprint density at radius 1 is 1.21 bits per heavy atom. The molecule has 0 unspecified atom stereocenters. The van der Waals surface area contributed by atoms with E-state index < -0.39 is 11.7 Å². The minimum absolute atomic E-state index is 0.200. The molecule has 1 amide bonds. The number of oxazole rings is 1. The SMILES string of the molecule is CC(C)(C)c1nc2cc(NC(=O)c3cc(F)ccc3Br)ccc2o1. The molecule has 1 aromatic heterocycles. The number of carbonyl (C=O) groups excluding carboxylic acids is 1. The van der Waals surface area contributed by atoms with Gasteiger partial charge in [0.25, 0.3) is 5.91 Å². The smallest absolute Gasteiger partial charge is 0.256 e. The van der Waals surface area contributed by atoms with Gasteiger partial charge in [-0.1, -0.05) is 20.8 Å². The van der Waals surface area contributed by atoms with Crippen molar-refractivity contribution in [3.63, 3.8) is 0 Å². The van der Waals surface area contributed by atoms with Crippen molar-refractivity contribution in [1.29, 1.82) is 0 Å². The zero-order chi connectivity index (χ0) is 17.5. The maximum atomic E-state index is 13.3. The molecule has 2 aromatic carbocycles. The summed E-state index contributed by atoms with van der Waals surface area (Å²) in [7, 11) is 0. The molecule has 4 nitrogen and oxygen atoms in total. The number of amides is 1. The summed E-state index contributed by atoms with van der Waals surface area (Å²) in [6.07, 6.45) is 0. The minimum Gasteiger partial charge on any atom is -0.440 e. The van der Waals surface area contributed by atoms with E-state index in [0.717, 1.165) is 0 Å². The molecule has 124 valence electrons. The van der Waals surface area contributed by atoms with E-state index in [-0.39, 0.29) is 11.0 Å². The lowest BCUT2D eigenvalue weighted by molar-refractivity contribution is 0.102. The molecule has 0 spiro atoms. The van der Waals surface area contributed by atoms with E-state index in [9.17, 15) is 9.18 Å². The first kappa shape index (κ1) is 16.6. The van der Waals surface area contributed by atoms with Crippen LogP contribution in [0.1, 0.15) is 37.0 Å². The van der Waals surface area contributed by atoms with Crippen LogP contribution in [0.25, 0.3) is 11.1 Å². The molecule has 0 saturated carbocycles. The van der Waals surface area contributed by atoms with Crippen LogP contribution in [-0.2, 0) is 5.41 Å². The molecule has 0 atom stereocenters. The van der Waals surface area contributed by atoms with E-state index in [2.05, 4.69) is 26.2 Å². The number of rotatable bonds is 2. The molecule has 0 saturated heterocycles. The predicted octanol–water partition coefficient (Wildman–Crippen LogP) is 5.28. The molecule has 3 rings (SSSR count). The van der Waals surface area contributed by atoms with Crippen LogP contribution in [0, 0.1) is 5.82 Å². The highest BCUT2D eigenvalue weighted by Crippen LogP contribution is 2.28. The lowest BCUT2D eigenvalue weighted by atomic mass is 9.97. The number of nitrogens with one attached hydrogen (secondary N) is 1. The monoisotopic (exact) mass is 390 g/mol. The van der Waals surface area contributed by atoms with Crippen LogP contribution in [0.4, 0.5) is 10.1 Å². The molecule has 0 radical (unpaired) electrons. The molecule has 0 aliphatic rings. The summed E-state index contributed by atoms with van der Waals surface area (Å²) in [5, 5.41) is 2.75. The van der Waals surface area contributed by atoms with Crippen molar-refractivity contribution in [3.8, 4) is 0 Å². The van der Waals surface area contributed by atoms with E-state index in [0.29, 0.717) is 27.2 Å². The van der Waals surface area contributed by atoms with Crippen molar-refractivity contribution in [3.05, 3.63) is 58.1 Å². The van der Waals surface area contributed by atoms with E-state index in [1.54, 1.807) is 18.2 Å². The first-order valence-electron chi connectivity index (χ1n) is 7.41. The lowest BCUT2D eigenvalue weighted by Gasteiger charge is -2.11. The molecule has 1 N–H and O–H groups in total. The number of benzene rings is 2. The number of nitrogens with zero attached hydrogens (tertiary/aromatic N) is 1. The van der Waals surface area contributed by atoms with Crippen LogP contribution >= 0.6 is 15.9 Å². The van der Waals surface area contributed by atoms with Crippen molar-refractivity contribution >= 4 is 38.6 Å². The first-order chi connectivity index (χ1) is 11.2. The Balaban J connectivity index is 1.90. The van der Waals surface area contributed by atoms with Gasteiger partial charge in [0.1, 0.15) is 11.3 Å². The van der Waals surface area contributed by atoms with Gasteiger partial charge in [0, 0.05) is 15.6 Å². The Kier molecular flexibility index (Phi) is 4.17. The van der Waals surface area contributed by atoms with Crippen LogP contribution in [-0.4, -0.2) is 10.9 Å². The standard InChI is InChI=1S/C18H16BrFN2O2/c1-18(2,3)17-22-14-9-11(5-7-15(14)24-17)21-16(23)12-8-10(20)4-6-13(12)19/h4-9H,1-3H3,(H,21,23). The van der Waals surface area contributed by atoms with Crippen LogP contribution < -0.4 is 5.32 Å². The maximum absolute atomic E-state index is 13.3. The minimum atomic E-state index is -0.467. The van der Waals surface area contributed by atoms with Gasteiger partial charge in [-0.3, -0.25) is 4.79 Å². The van der Waals surface area contributed by atoms with Gasteiger partial charge in [-0.15, -0.1) is 0 Å². The number of fused-ring (bicyclic) bond motifs is 1. The maximum Gasteiger partial charge on any atom is 0.256 e. The Bertz CT molecular complexity index is 928. The highest BCUT2D eigenvalue weighted by Gasteiger charge is 2.21. The van der Waals surface area contributed by atoms with E-state index in [1.165, 1.54) is 18.2 Å². The van der Waals surface area contributed by atoms with Gasteiger partial charge in [0.05, 0.1) is 5.56 Å². The summed E-state index contributed by atoms with van der Waals surface area (Å²) < 4.78 is 19.6. The third-order valence-corrected chi connectivity index (χ3v) is 4.15. The highest BCUT2D eigenvalue weighted by molar-refractivity contribution is 9.10. The Morgan fingerprint density at radius 3 is 2.67 bits per heavy atom. The van der Waals surface area contributed by atoms with Gasteiger partial charge in [-0.2, -0.15) is 0 Å². The topological polar surface area (TPSA) is 55.1 Å². The molecular formula is C18H16BrFN2O2. The van der Waals surface area contributed by atoms with Crippen molar-refractivity contribution < 1.29 is 13.6 Å². The largest absolute Gasteiger partial charge is 0.440 e. The lowest BCUT2D eigenvalue weighted by Crippen LogP contribution is -2.12. The van der Waals surface area contributed by atoms with E-state index in [4.69, 9.17) is 4.42 Å². The Morgan fingerprint density at radius 2 is 1.96 bits per heavy atom. The third kappa shape index (κ3) is 3.33. The van der Waals surface area contributed by atoms with Gasteiger partial charge >= 0.3 is 0 Å². The predicted molar refractivity (Wildman–Crippen MR) is 94.8 cm³/mol. The van der Waals surface area contributed by atoms with E-state index in [1.807, 2.05) is 20.8 Å². The quantitative estimate of drug-likeness (QED) is 0.647. The fourth-order valence-electron chi connectivity index (χ4n) is 2.20. The normalized spacial score (nSPS) is 11.7. The average Bonchev–Trinajstić information content (AvgIpc) is 2.93. The molecule has 0 aliphatic carbocycles. The number of aromatic nitrogens is 1. The highest BCUT2D eigenvalue weighted by atomic mass is 79.9. The summed E-state index contributed by atoms with van der Waals surface area (Å²) in [5.74, 6) is -0.237. The summed E-state index contributed by atoms with van der Waals surface area (Å²) >= 11 is 3.25. The van der Waals surface area contributed by atoms with Gasteiger partial charge in [0.15, 0.2) is 5.58 Å². The number of hydrogen-bond donors (Lipinski definition) is 1. The molecule has 0 bridgehead atoms. The number of hydrogen-bond acceptors (Lipinski definition) is 3. The molecule has 0 fully saturated rings. The van der Waals surface area contributed by atoms with Gasteiger partial charge < -0.3 is 9.73 Å².